The second-order valence-corrected chi connectivity index (χ2v) is 15.5. The summed E-state index contributed by atoms with van der Waals surface area (Å²) in [5.74, 6) is -0.108. The maximum absolute atomic E-state index is 13.5. The van der Waals surface area contributed by atoms with E-state index in [1.54, 1.807) is 17.0 Å². The first-order chi connectivity index (χ1) is 25.5. The number of nitrogens with zero attached hydrogens (tertiary/aromatic N) is 8. The van der Waals surface area contributed by atoms with Crippen molar-refractivity contribution in [3.63, 3.8) is 0 Å². The summed E-state index contributed by atoms with van der Waals surface area (Å²) in [6.07, 6.45) is 3.05. The van der Waals surface area contributed by atoms with Gasteiger partial charge in [0.05, 0.1) is 22.1 Å². The van der Waals surface area contributed by atoms with Crippen molar-refractivity contribution in [2.45, 2.75) is 66.5 Å². The number of likely N-dealkylation sites (tertiary alicyclic amines) is 2. The molecule has 282 valence electrons. The number of carbonyl (C=O) groups excluding carboxylic acids is 2. The van der Waals surface area contributed by atoms with E-state index in [0.29, 0.717) is 44.0 Å². The van der Waals surface area contributed by atoms with Crippen LogP contribution in [0.4, 0.5) is 20.7 Å². The Hall–Kier alpha value is -5.22. The van der Waals surface area contributed by atoms with Crippen LogP contribution in [0.1, 0.15) is 94.7 Å². The van der Waals surface area contributed by atoms with Crippen molar-refractivity contribution in [1.82, 2.24) is 39.7 Å². The molecule has 54 heavy (non-hydrogen) atoms. The molecule has 0 radical (unpaired) electrons. The minimum atomic E-state index is -0.295. The molecule has 6 aromatic rings. The lowest BCUT2D eigenvalue weighted by Gasteiger charge is -2.30. The third-order valence-electron chi connectivity index (χ3n) is 9.05. The first-order valence-corrected chi connectivity index (χ1v) is 19.1. The molecular formula is C38H42F2N10O2S2. The Balaban J connectivity index is 0.000000181. The summed E-state index contributed by atoms with van der Waals surface area (Å²) in [5, 5.41) is 8.01. The minimum absolute atomic E-state index is 0. The molecule has 0 aliphatic carbocycles. The summed E-state index contributed by atoms with van der Waals surface area (Å²) in [6.45, 7) is 10.6. The summed E-state index contributed by atoms with van der Waals surface area (Å²) in [6, 6.07) is 12.3. The molecule has 16 heteroatoms. The van der Waals surface area contributed by atoms with Crippen LogP contribution in [0.2, 0.25) is 0 Å². The Kier molecular flexibility index (Phi) is 11.7. The molecule has 2 aliphatic rings. The van der Waals surface area contributed by atoms with Crippen LogP contribution < -0.4 is 10.6 Å². The quantitative estimate of drug-likeness (QED) is 0.156. The fraction of sp³-hybridized carbons (Fsp3) is 0.368. The van der Waals surface area contributed by atoms with Gasteiger partial charge < -0.3 is 20.4 Å². The van der Waals surface area contributed by atoms with Gasteiger partial charge in [0.15, 0.2) is 22.7 Å². The van der Waals surface area contributed by atoms with E-state index in [0.717, 1.165) is 66.6 Å². The van der Waals surface area contributed by atoms with E-state index >= 15 is 0 Å². The van der Waals surface area contributed by atoms with Gasteiger partial charge in [0.25, 0.3) is 11.8 Å². The molecular weight excluding hydrogens is 731 g/mol. The van der Waals surface area contributed by atoms with Crippen LogP contribution in [0.25, 0.3) is 20.7 Å². The molecule has 6 heterocycles. The van der Waals surface area contributed by atoms with Crippen molar-refractivity contribution < 1.29 is 18.4 Å². The Labute approximate surface area is 320 Å². The molecule has 0 bridgehead atoms. The summed E-state index contributed by atoms with van der Waals surface area (Å²) in [5.41, 5.74) is 3.36. The summed E-state index contributed by atoms with van der Waals surface area (Å²) in [4.78, 5) is 56.0. The maximum atomic E-state index is 13.5. The number of aryl methyl sites for hydroxylation is 2. The number of nitrogens with one attached hydrogen (secondary N) is 2. The smallest absolute Gasteiger partial charge is 0.274 e. The zero-order chi connectivity index (χ0) is 37.2. The fourth-order valence-corrected chi connectivity index (χ4v) is 7.80. The van der Waals surface area contributed by atoms with E-state index in [2.05, 4.69) is 40.5 Å². The Morgan fingerprint density at radius 3 is 1.43 bits per heavy atom. The monoisotopic (exact) mass is 772 g/mol. The number of thiazole rings is 2. The van der Waals surface area contributed by atoms with E-state index in [1.807, 2.05) is 44.7 Å². The number of benzene rings is 2. The van der Waals surface area contributed by atoms with Gasteiger partial charge in [0, 0.05) is 26.2 Å². The van der Waals surface area contributed by atoms with Crippen molar-refractivity contribution >= 4 is 67.1 Å². The SMILES string of the molecule is C.Cc1nc2nc(N[C@@H](C)c3cccc(F)c3)nc(C(=O)N3CCC3)c2s1.Cc1nc2nc(N[C@@H](C)c3cccc(F)c3)nc(C(=O)N3CCCC3)c2s1. The van der Waals surface area contributed by atoms with Gasteiger partial charge in [-0.05, 0) is 82.3 Å². The average Bonchev–Trinajstić information content (AvgIpc) is 3.86. The van der Waals surface area contributed by atoms with Crippen LogP contribution in [-0.4, -0.2) is 77.7 Å². The van der Waals surface area contributed by atoms with E-state index in [9.17, 15) is 18.4 Å². The molecule has 2 aromatic carbocycles. The number of aromatic nitrogens is 6. The number of fused-ring (bicyclic) bond motifs is 2. The van der Waals surface area contributed by atoms with E-state index in [-0.39, 0.29) is 43.0 Å². The first kappa shape index (κ1) is 38.5. The molecule has 2 fully saturated rings. The van der Waals surface area contributed by atoms with Gasteiger partial charge in [-0.3, -0.25) is 9.59 Å². The lowest BCUT2D eigenvalue weighted by atomic mass is 10.1. The zero-order valence-electron chi connectivity index (χ0n) is 29.7. The van der Waals surface area contributed by atoms with Crippen LogP contribution in [0.3, 0.4) is 0 Å². The highest BCUT2D eigenvalue weighted by molar-refractivity contribution is 7.19. The van der Waals surface area contributed by atoms with Crippen LogP contribution in [0.15, 0.2) is 48.5 Å². The molecule has 4 aromatic heterocycles. The first-order valence-electron chi connectivity index (χ1n) is 17.5. The van der Waals surface area contributed by atoms with Gasteiger partial charge >= 0.3 is 0 Å². The van der Waals surface area contributed by atoms with E-state index in [1.165, 1.54) is 46.9 Å². The topological polar surface area (TPSA) is 142 Å². The van der Waals surface area contributed by atoms with Crippen molar-refractivity contribution in [3.8, 4) is 0 Å². The second-order valence-electron chi connectivity index (χ2n) is 13.0. The van der Waals surface area contributed by atoms with Gasteiger partial charge in [0.2, 0.25) is 11.9 Å². The second kappa shape index (κ2) is 16.4. The fourth-order valence-electron chi connectivity index (χ4n) is 6.12. The van der Waals surface area contributed by atoms with Crippen LogP contribution in [-0.2, 0) is 0 Å². The Bertz CT molecular complexity index is 2310. The van der Waals surface area contributed by atoms with Gasteiger partial charge in [-0.25, -0.2) is 28.7 Å². The highest BCUT2D eigenvalue weighted by Crippen LogP contribution is 2.29. The van der Waals surface area contributed by atoms with Gasteiger partial charge in [-0.1, -0.05) is 31.7 Å². The number of amides is 2. The average molecular weight is 773 g/mol. The predicted octanol–water partition coefficient (Wildman–Crippen LogP) is 8.13. The number of hydrogen-bond acceptors (Lipinski definition) is 12. The number of rotatable bonds is 8. The molecule has 0 spiro atoms. The number of hydrogen-bond donors (Lipinski definition) is 2. The van der Waals surface area contributed by atoms with Gasteiger partial charge in [-0.15, -0.1) is 22.7 Å². The number of carbonyl (C=O) groups is 2. The standard InChI is InChI=1S/C19H20FN5OS.C18H18FN5OS.CH4/c1-11(13-6-5-7-14(20)10-13)21-19-23-15(18(26)25-8-3-4-9-25)16-17(24-19)22-12(2)27-16;1-10(12-5-3-6-13(19)9-12)20-18-22-14(17(25)24-7-4-8-24)15-16(23-18)21-11(2)26-15;/h5-7,10-11H,3-4,8-9H2,1-2H3,(H,21,23,24);3,5-6,9-10H,4,7-8H2,1-2H3,(H,20,22,23);1H4/t11-;10-;/m00./s1. The summed E-state index contributed by atoms with van der Waals surface area (Å²) >= 11 is 2.85. The van der Waals surface area contributed by atoms with Crippen LogP contribution >= 0.6 is 22.7 Å². The molecule has 0 saturated carbocycles. The molecule has 2 saturated heterocycles. The third-order valence-corrected chi connectivity index (χ3v) is 11.0. The Morgan fingerprint density at radius 2 is 1.06 bits per heavy atom. The van der Waals surface area contributed by atoms with Crippen molar-refractivity contribution in [2.24, 2.45) is 0 Å². The molecule has 2 N–H and O–H groups in total. The predicted molar refractivity (Wildman–Crippen MR) is 209 cm³/mol. The lowest BCUT2D eigenvalue weighted by molar-refractivity contribution is 0.0648. The summed E-state index contributed by atoms with van der Waals surface area (Å²) < 4.78 is 28.4. The molecule has 2 amide bonds. The van der Waals surface area contributed by atoms with Crippen molar-refractivity contribution in [3.05, 3.63) is 92.7 Å². The maximum Gasteiger partial charge on any atom is 0.274 e. The summed E-state index contributed by atoms with van der Waals surface area (Å²) in [7, 11) is 0. The lowest BCUT2D eigenvalue weighted by Crippen LogP contribution is -2.42. The zero-order valence-corrected chi connectivity index (χ0v) is 31.3. The molecule has 2 aliphatic heterocycles. The normalized spacial score (nSPS) is 14.9. The van der Waals surface area contributed by atoms with Crippen LogP contribution in [0, 0.1) is 25.5 Å². The Morgan fingerprint density at radius 1 is 0.648 bits per heavy atom. The van der Waals surface area contributed by atoms with Gasteiger partial charge in [-0.2, -0.15) is 9.97 Å². The highest BCUT2D eigenvalue weighted by Gasteiger charge is 2.28. The molecule has 2 atom stereocenters. The van der Waals surface area contributed by atoms with Crippen molar-refractivity contribution in [1.29, 1.82) is 0 Å². The highest BCUT2D eigenvalue weighted by atomic mass is 32.1. The van der Waals surface area contributed by atoms with E-state index < -0.39 is 0 Å². The molecule has 8 rings (SSSR count). The van der Waals surface area contributed by atoms with Crippen molar-refractivity contribution in [2.75, 3.05) is 36.8 Å². The molecule has 0 unspecified atom stereocenters. The van der Waals surface area contributed by atoms with E-state index in [4.69, 9.17) is 0 Å². The largest absolute Gasteiger partial charge is 0.348 e. The van der Waals surface area contributed by atoms with Gasteiger partial charge in [0.1, 0.15) is 21.0 Å². The number of halogens is 2. The third kappa shape index (κ3) is 8.44. The minimum Gasteiger partial charge on any atom is -0.348 e. The van der Waals surface area contributed by atoms with Crippen LogP contribution in [0.5, 0.6) is 0 Å². The number of anilines is 2. The molecule has 12 nitrogen and oxygen atoms in total.